The van der Waals surface area contributed by atoms with Gasteiger partial charge < -0.3 is 20.3 Å². The molecule has 0 radical (unpaired) electrons. The Labute approximate surface area is 188 Å². The molecule has 0 unspecified atom stereocenters. The predicted octanol–water partition coefficient (Wildman–Crippen LogP) is 2.21. The van der Waals surface area contributed by atoms with Crippen LogP contribution >= 0.6 is 0 Å². The molecular weight excluding hydrogens is 430 g/mol. The highest BCUT2D eigenvalue weighted by Gasteiger charge is 2.30. The van der Waals surface area contributed by atoms with E-state index in [1.54, 1.807) is 32.9 Å². The Bertz CT molecular complexity index is 1310. The Balaban J connectivity index is 1.61. The summed E-state index contributed by atoms with van der Waals surface area (Å²) in [5.74, 6) is -2.93. The van der Waals surface area contributed by atoms with Crippen LogP contribution in [-0.4, -0.2) is 53.5 Å². The lowest BCUT2D eigenvalue weighted by atomic mass is 9.97. The second-order valence-corrected chi connectivity index (χ2v) is 8.85. The fraction of sp³-hybridized carbons (Fsp3) is 0.364. The number of esters is 1. The van der Waals surface area contributed by atoms with Crippen LogP contribution in [0.15, 0.2) is 18.2 Å². The average Bonchev–Trinajstić information content (AvgIpc) is 3.30. The molecule has 0 aliphatic heterocycles. The summed E-state index contributed by atoms with van der Waals surface area (Å²) in [5.41, 5.74) is 1.75. The van der Waals surface area contributed by atoms with E-state index in [-0.39, 0.29) is 23.1 Å². The van der Waals surface area contributed by atoms with Crippen LogP contribution in [0.25, 0.3) is 5.65 Å². The van der Waals surface area contributed by atoms with Gasteiger partial charge in [-0.25, -0.2) is 14.6 Å². The number of nitrogens with one attached hydrogen (secondary N) is 1. The number of ether oxygens (including phenoxy) is 1. The molecule has 0 spiro atoms. The summed E-state index contributed by atoms with van der Waals surface area (Å²) < 4.78 is 6.33. The molecule has 0 saturated heterocycles. The quantitative estimate of drug-likeness (QED) is 0.504. The zero-order chi connectivity index (χ0) is 24.1. The molecule has 2 heterocycles. The first-order chi connectivity index (χ1) is 15.5. The van der Waals surface area contributed by atoms with E-state index in [1.165, 1.54) is 0 Å². The summed E-state index contributed by atoms with van der Waals surface area (Å²) in [6.45, 7) is 7.27. The predicted molar refractivity (Wildman–Crippen MR) is 114 cm³/mol. The molecular formula is C22H23N5O6. The van der Waals surface area contributed by atoms with Gasteiger partial charge in [0.1, 0.15) is 11.3 Å². The number of aromatic hydroxyl groups is 1. The van der Waals surface area contributed by atoms with Crippen molar-refractivity contribution in [3.8, 4) is 5.88 Å². The third-order valence-electron chi connectivity index (χ3n) is 5.43. The van der Waals surface area contributed by atoms with E-state index in [9.17, 15) is 24.6 Å². The third kappa shape index (κ3) is 4.09. The minimum Gasteiger partial charge on any atom is -0.489 e. The van der Waals surface area contributed by atoms with Crippen molar-refractivity contribution >= 4 is 23.5 Å². The van der Waals surface area contributed by atoms with E-state index < -0.39 is 29.3 Å². The zero-order valence-corrected chi connectivity index (χ0v) is 18.5. The summed E-state index contributed by atoms with van der Waals surface area (Å²) in [7, 11) is 0. The lowest BCUT2D eigenvalue weighted by molar-refractivity contribution is 0.00682. The number of aromatic carboxylic acids is 1. The van der Waals surface area contributed by atoms with Crippen molar-refractivity contribution in [2.45, 2.75) is 52.2 Å². The number of carboxylic acid groups (broad SMARTS) is 1. The number of hydrogen-bond donors (Lipinski definition) is 3. The second kappa shape index (κ2) is 7.84. The molecule has 1 amide bonds. The Kier molecular flexibility index (Phi) is 5.27. The van der Waals surface area contributed by atoms with E-state index in [2.05, 4.69) is 20.6 Å². The first-order valence-electron chi connectivity index (χ1n) is 10.3. The number of nitrogens with zero attached hydrogens (tertiary/aromatic N) is 4. The van der Waals surface area contributed by atoms with Crippen molar-refractivity contribution in [2.24, 2.45) is 0 Å². The summed E-state index contributed by atoms with van der Waals surface area (Å²) in [6, 6.07) is 4.22. The number of fused-ring (bicyclic) bond motifs is 2. The van der Waals surface area contributed by atoms with Gasteiger partial charge in [-0.1, -0.05) is 16.4 Å². The van der Waals surface area contributed by atoms with E-state index in [0.717, 1.165) is 27.3 Å². The maximum absolute atomic E-state index is 12.9. The molecule has 1 atom stereocenters. The number of rotatable bonds is 4. The van der Waals surface area contributed by atoms with Crippen LogP contribution in [0.4, 0.5) is 0 Å². The highest BCUT2D eigenvalue weighted by atomic mass is 16.6. The molecule has 1 aromatic carbocycles. The first kappa shape index (κ1) is 22.2. The topological polar surface area (TPSA) is 156 Å². The Hall–Kier alpha value is -4.02. The van der Waals surface area contributed by atoms with E-state index in [4.69, 9.17) is 4.74 Å². The lowest BCUT2D eigenvalue weighted by Crippen LogP contribution is -2.29. The molecule has 3 N–H and O–H groups in total. The third-order valence-corrected chi connectivity index (χ3v) is 5.43. The molecule has 11 nitrogen and oxygen atoms in total. The highest BCUT2D eigenvalue weighted by molar-refractivity contribution is 5.96. The molecule has 0 saturated carbocycles. The molecule has 0 fully saturated rings. The van der Waals surface area contributed by atoms with Crippen LogP contribution in [0.5, 0.6) is 5.88 Å². The Morgan fingerprint density at radius 3 is 2.64 bits per heavy atom. The minimum absolute atomic E-state index is 0.187. The number of hydrogen-bond acceptors (Lipinski definition) is 8. The Morgan fingerprint density at radius 1 is 1.24 bits per heavy atom. The largest absolute Gasteiger partial charge is 0.489 e. The fourth-order valence-electron chi connectivity index (χ4n) is 3.95. The van der Waals surface area contributed by atoms with Gasteiger partial charge in [-0.2, -0.15) is 4.52 Å². The van der Waals surface area contributed by atoms with Gasteiger partial charge in [-0.05, 0) is 63.3 Å². The monoisotopic (exact) mass is 453 g/mol. The molecule has 33 heavy (non-hydrogen) atoms. The number of carboxylic acids is 1. The van der Waals surface area contributed by atoms with Gasteiger partial charge in [0.15, 0.2) is 5.69 Å². The van der Waals surface area contributed by atoms with Gasteiger partial charge in [0.25, 0.3) is 11.8 Å². The van der Waals surface area contributed by atoms with Gasteiger partial charge in [0.05, 0.1) is 11.6 Å². The molecule has 1 aliphatic carbocycles. The normalized spacial score (nSPS) is 15.3. The molecule has 172 valence electrons. The van der Waals surface area contributed by atoms with Gasteiger partial charge >= 0.3 is 11.9 Å². The van der Waals surface area contributed by atoms with Gasteiger partial charge in [-0.15, -0.1) is 0 Å². The second-order valence-electron chi connectivity index (χ2n) is 8.85. The van der Waals surface area contributed by atoms with Crippen LogP contribution in [0.2, 0.25) is 0 Å². The number of aromatic nitrogens is 4. The maximum atomic E-state index is 12.9. The SMILES string of the molecule is Cc1c(C(=O)OC(C)(C)C)ccc2c1CC[C@@H]2NC(=O)c1cc(C(=O)O)n2nnc(O)c2n1. The first-order valence-corrected chi connectivity index (χ1v) is 10.3. The molecule has 11 heteroatoms. The molecule has 3 aromatic rings. The maximum Gasteiger partial charge on any atom is 0.354 e. The summed E-state index contributed by atoms with van der Waals surface area (Å²) >= 11 is 0. The van der Waals surface area contributed by atoms with Crippen LogP contribution in [0.1, 0.15) is 81.3 Å². The van der Waals surface area contributed by atoms with Crippen molar-refractivity contribution in [1.82, 2.24) is 25.1 Å². The minimum atomic E-state index is -1.35. The van der Waals surface area contributed by atoms with Crippen molar-refractivity contribution in [2.75, 3.05) is 0 Å². The fourth-order valence-corrected chi connectivity index (χ4v) is 3.95. The van der Waals surface area contributed by atoms with Crippen molar-refractivity contribution in [3.05, 3.63) is 51.8 Å². The van der Waals surface area contributed by atoms with Gasteiger partial charge in [-0.3, -0.25) is 4.79 Å². The number of amides is 1. The molecule has 1 aliphatic rings. The summed E-state index contributed by atoms with van der Waals surface area (Å²) in [4.78, 5) is 41.0. The smallest absolute Gasteiger partial charge is 0.354 e. The van der Waals surface area contributed by atoms with E-state index in [0.29, 0.717) is 18.4 Å². The van der Waals surface area contributed by atoms with Gasteiger partial charge in [0, 0.05) is 6.07 Å². The average molecular weight is 453 g/mol. The number of benzene rings is 1. The molecule has 4 rings (SSSR count). The number of carbonyl (C=O) groups is 3. The summed E-state index contributed by atoms with van der Waals surface area (Å²) in [6.07, 6.45) is 1.26. The Morgan fingerprint density at radius 2 is 1.97 bits per heavy atom. The molecule has 0 bridgehead atoms. The highest BCUT2D eigenvalue weighted by Crippen LogP contribution is 2.35. The molecule has 2 aromatic heterocycles. The van der Waals surface area contributed by atoms with Crippen molar-refractivity contribution in [3.63, 3.8) is 0 Å². The standard InChI is InChI=1S/C22H23N5O6/c1-10-11-7-8-14(13(11)6-5-12(10)21(32)33-22(2,3)4)24-18(28)15-9-16(20(30)31)27-17(23-15)19(29)25-26-27/h5-6,9,14,29H,7-8H2,1-4H3,(H,24,28)(H,30,31)/t14-/m0/s1. The van der Waals surface area contributed by atoms with Gasteiger partial charge in [0.2, 0.25) is 5.65 Å². The summed E-state index contributed by atoms with van der Waals surface area (Å²) in [5, 5.41) is 29.0. The van der Waals surface area contributed by atoms with Crippen LogP contribution in [0, 0.1) is 6.92 Å². The lowest BCUT2D eigenvalue weighted by Gasteiger charge is -2.21. The van der Waals surface area contributed by atoms with Crippen molar-refractivity contribution < 1.29 is 29.3 Å². The zero-order valence-electron chi connectivity index (χ0n) is 18.5. The van der Waals surface area contributed by atoms with E-state index in [1.807, 2.05) is 6.92 Å². The number of carbonyl (C=O) groups excluding carboxylic acids is 2. The van der Waals surface area contributed by atoms with E-state index >= 15 is 0 Å². The van der Waals surface area contributed by atoms with Crippen LogP contribution < -0.4 is 5.32 Å². The van der Waals surface area contributed by atoms with Crippen LogP contribution in [-0.2, 0) is 11.2 Å². The van der Waals surface area contributed by atoms with Crippen molar-refractivity contribution in [1.29, 1.82) is 0 Å². The van der Waals surface area contributed by atoms with Crippen LogP contribution in [0.3, 0.4) is 0 Å².